The van der Waals surface area contributed by atoms with Crippen molar-refractivity contribution in [2.45, 2.75) is 39.2 Å². The Morgan fingerprint density at radius 1 is 1.11 bits per heavy atom. The SMILES string of the molecule is CCOCC(O)COc1ccc(C(C)(C)C)cc1. The zero-order valence-electron chi connectivity index (χ0n) is 11.8. The van der Waals surface area contributed by atoms with Crippen LogP contribution in [0.5, 0.6) is 5.75 Å². The van der Waals surface area contributed by atoms with E-state index in [0.29, 0.717) is 13.2 Å². The number of aliphatic hydroxyl groups excluding tert-OH is 1. The number of aliphatic hydroxyl groups is 1. The van der Waals surface area contributed by atoms with Crippen LogP contribution < -0.4 is 4.74 Å². The molecule has 0 saturated carbocycles. The second kappa shape index (κ2) is 6.76. The Balaban J connectivity index is 2.44. The molecule has 0 aliphatic carbocycles. The van der Waals surface area contributed by atoms with E-state index in [-0.39, 0.29) is 12.0 Å². The standard InChI is InChI=1S/C15H24O3/c1-5-17-10-13(16)11-18-14-8-6-12(7-9-14)15(2,3)4/h6-9,13,16H,5,10-11H2,1-4H3. The Morgan fingerprint density at radius 2 is 1.72 bits per heavy atom. The van der Waals surface area contributed by atoms with Gasteiger partial charge < -0.3 is 14.6 Å². The summed E-state index contributed by atoms with van der Waals surface area (Å²) in [7, 11) is 0. The van der Waals surface area contributed by atoms with E-state index in [0.717, 1.165) is 5.75 Å². The van der Waals surface area contributed by atoms with E-state index in [2.05, 4.69) is 32.9 Å². The molecule has 1 N–H and O–H groups in total. The predicted molar refractivity (Wildman–Crippen MR) is 73.1 cm³/mol. The van der Waals surface area contributed by atoms with Crippen molar-refractivity contribution < 1.29 is 14.6 Å². The van der Waals surface area contributed by atoms with Gasteiger partial charge in [-0.3, -0.25) is 0 Å². The van der Waals surface area contributed by atoms with Crippen LogP contribution in [0.15, 0.2) is 24.3 Å². The third kappa shape index (κ3) is 5.07. The number of benzene rings is 1. The molecule has 1 aromatic rings. The fourth-order valence-corrected chi connectivity index (χ4v) is 1.55. The molecule has 0 heterocycles. The largest absolute Gasteiger partial charge is 0.491 e. The molecule has 0 radical (unpaired) electrons. The Bertz CT molecular complexity index is 338. The maximum absolute atomic E-state index is 9.58. The van der Waals surface area contributed by atoms with E-state index in [1.54, 1.807) is 0 Å². The van der Waals surface area contributed by atoms with Crippen LogP contribution in [-0.4, -0.2) is 31.0 Å². The molecule has 3 nitrogen and oxygen atoms in total. The van der Waals surface area contributed by atoms with Crippen LogP contribution in [0.3, 0.4) is 0 Å². The monoisotopic (exact) mass is 252 g/mol. The molecule has 0 bridgehead atoms. The first-order valence-electron chi connectivity index (χ1n) is 6.42. The minimum Gasteiger partial charge on any atom is -0.491 e. The van der Waals surface area contributed by atoms with E-state index >= 15 is 0 Å². The highest BCUT2D eigenvalue weighted by Gasteiger charge is 2.13. The van der Waals surface area contributed by atoms with Crippen LogP contribution in [0.25, 0.3) is 0 Å². The van der Waals surface area contributed by atoms with Crippen LogP contribution >= 0.6 is 0 Å². The van der Waals surface area contributed by atoms with Gasteiger partial charge in [0, 0.05) is 6.61 Å². The molecule has 0 spiro atoms. The highest BCUT2D eigenvalue weighted by atomic mass is 16.5. The predicted octanol–water partition coefficient (Wildman–Crippen LogP) is 2.76. The molecular formula is C15H24O3. The minimum absolute atomic E-state index is 0.146. The smallest absolute Gasteiger partial charge is 0.119 e. The molecule has 3 heteroatoms. The quantitative estimate of drug-likeness (QED) is 0.846. The summed E-state index contributed by atoms with van der Waals surface area (Å²) in [6.45, 7) is 9.61. The maximum Gasteiger partial charge on any atom is 0.119 e. The Labute approximate surface area is 110 Å². The van der Waals surface area contributed by atoms with E-state index in [1.807, 2.05) is 19.1 Å². The van der Waals surface area contributed by atoms with E-state index in [1.165, 1.54) is 5.56 Å². The summed E-state index contributed by atoms with van der Waals surface area (Å²) >= 11 is 0. The average Bonchev–Trinajstić information content (AvgIpc) is 2.33. The lowest BCUT2D eigenvalue weighted by atomic mass is 9.87. The van der Waals surface area contributed by atoms with Crippen LogP contribution in [0.1, 0.15) is 33.3 Å². The Kier molecular flexibility index (Phi) is 5.63. The summed E-state index contributed by atoms with van der Waals surface area (Å²) in [6, 6.07) is 8.00. The highest BCUT2D eigenvalue weighted by molar-refractivity contribution is 5.31. The molecule has 0 fully saturated rings. The lowest BCUT2D eigenvalue weighted by Crippen LogP contribution is -2.23. The lowest BCUT2D eigenvalue weighted by molar-refractivity contribution is 0.0164. The number of hydrogen-bond donors (Lipinski definition) is 1. The van der Waals surface area contributed by atoms with Crippen molar-refractivity contribution in [1.29, 1.82) is 0 Å². The van der Waals surface area contributed by atoms with E-state index < -0.39 is 6.10 Å². The lowest BCUT2D eigenvalue weighted by Gasteiger charge is -2.19. The fourth-order valence-electron chi connectivity index (χ4n) is 1.55. The topological polar surface area (TPSA) is 38.7 Å². The fraction of sp³-hybridized carbons (Fsp3) is 0.600. The van der Waals surface area contributed by atoms with Crippen molar-refractivity contribution >= 4 is 0 Å². The first-order chi connectivity index (χ1) is 8.43. The van der Waals surface area contributed by atoms with Gasteiger partial charge in [-0.1, -0.05) is 32.9 Å². The molecule has 102 valence electrons. The third-order valence-corrected chi connectivity index (χ3v) is 2.68. The second-order valence-corrected chi connectivity index (χ2v) is 5.40. The van der Waals surface area contributed by atoms with Gasteiger partial charge in [0.2, 0.25) is 0 Å². The van der Waals surface area contributed by atoms with E-state index in [4.69, 9.17) is 9.47 Å². The van der Waals surface area contributed by atoms with Gasteiger partial charge in [0.05, 0.1) is 6.61 Å². The number of hydrogen-bond acceptors (Lipinski definition) is 3. The van der Waals surface area contributed by atoms with Gasteiger partial charge in [0.15, 0.2) is 0 Å². The summed E-state index contributed by atoms with van der Waals surface area (Å²) in [5.41, 5.74) is 1.41. The van der Waals surface area contributed by atoms with Gasteiger partial charge in [-0.2, -0.15) is 0 Å². The molecule has 0 saturated heterocycles. The highest BCUT2D eigenvalue weighted by Crippen LogP contribution is 2.24. The molecule has 1 unspecified atom stereocenters. The first-order valence-corrected chi connectivity index (χ1v) is 6.42. The summed E-state index contributed by atoms with van der Waals surface area (Å²) in [5, 5.41) is 9.58. The minimum atomic E-state index is -0.577. The van der Waals surface area contributed by atoms with Crippen molar-refractivity contribution in [1.82, 2.24) is 0 Å². The summed E-state index contributed by atoms with van der Waals surface area (Å²) in [6.07, 6.45) is -0.577. The van der Waals surface area contributed by atoms with Crippen molar-refractivity contribution in [3.63, 3.8) is 0 Å². The van der Waals surface area contributed by atoms with Gasteiger partial charge in [-0.15, -0.1) is 0 Å². The van der Waals surface area contributed by atoms with Crippen molar-refractivity contribution in [3.8, 4) is 5.75 Å². The molecule has 0 aromatic heterocycles. The van der Waals surface area contributed by atoms with Gasteiger partial charge in [0.25, 0.3) is 0 Å². The zero-order chi connectivity index (χ0) is 13.6. The normalized spacial score (nSPS) is 13.4. The average molecular weight is 252 g/mol. The maximum atomic E-state index is 9.58. The van der Waals surface area contributed by atoms with Crippen molar-refractivity contribution in [2.24, 2.45) is 0 Å². The van der Waals surface area contributed by atoms with Crippen molar-refractivity contribution in [2.75, 3.05) is 19.8 Å². The van der Waals surface area contributed by atoms with Gasteiger partial charge in [-0.05, 0) is 30.0 Å². The molecular weight excluding hydrogens is 228 g/mol. The molecule has 1 aromatic carbocycles. The molecule has 0 aliphatic rings. The van der Waals surface area contributed by atoms with Crippen molar-refractivity contribution in [3.05, 3.63) is 29.8 Å². The molecule has 1 rings (SSSR count). The summed E-state index contributed by atoms with van der Waals surface area (Å²) in [5.74, 6) is 0.776. The molecule has 0 aliphatic heterocycles. The second-order valence-electron chi connectivity index (χ2n) is 5.40. The number of ether oxygens (including phenoxy) is 2. The Morgan fingerprint density at radius 3 is 2.22 bits per heavy atom. The van der Waals surface area contributed by atoms with Crippen LogP contribution in [0, 0.1) is 0 Å². The summed E-state index contributed by atoms with van der Waals surface area (Å²) in [4.78, 5) is 0. The Hall–Kier alpha value is -1.06. The molecule has 1 atom stereocenters. The number of rotatable bonds is 6. The van der Waals surface area contributed by atoms with E-state index in [9.17, 15) is 5.11 Å². The van der Waals surface area contributed by atoms with Crippen LogP contribution in [0.2, 0.25) is 0 Å². The summed E-state index contributed by atoms with van der Waals surface area (Å²) < 4.78 is 10.6. The first kappa shape index (κ1) is 15.0. The molecule has 0 amide bonds. The van der Waals surface area contributed by atoms with Gasteiger partial charge in [-0.25, -0.2) is 0 Å². The van der Waals surface area contributed by atoms with Crippen LogP contribution in [0.4, 0.5) is 0 Å². The van der Waals surface area contributed by atoms with Gasteiger partial charge in [0.1, 0.15) is 18.5 Å². The van der Waals surface area contributed by atoms with Gasteiger partial charge >= 0.3 is 0 Å². The molecule has 18 heavy (non-hydrogen) atoms. The third-order valence-electron chi connectivity index (χ3n) is 2.68. The zero-order valence-corrected chi connectivity index (χ0v) is 11.8. The van der Waals surface area contributed by atoms with Crippen LogP contribution in [-0.2, 0) is 10.2 Å².